The summed E-state index contributed by atoms with van der Waals surface area (Å²) in [5, 5.41) is 9.40. The maximum Gasteiger partial charge on any atom is 0.115 e. The molecule has 1 fully saturated rings. The minimum atomic E-state index is 0.352. The predicted octanol–water partition coefficient (Wildman–Crippen LogP) is 1.56. The topological polar surface area (TPSA) is 49.5 Å². The van der Waals surface area contributed by atoms with E-state index in [-0.39, 0.29) is 0 Å². The van der Waals surface area contributed by atoms with E-state index in [1.54, 1.807) is 6.07 Å². The van der Waals surface area contributed by atoms with E-state index >= 15 is 0 Å². The van der Waals surface area contributed by atoms with Gasteiger partial charge in [0, 0.05) is 13.1 Å². The van der Waals surface area contributed by atoms with Gasteiger partial charge in [-0.1, -0.05) is 12.1 Å². The molecule has 3 N–H and O–H groups in total. The van der Waals surface area contributed by atoms with Crippen molar-refractivity contribution in [1.29, 1.82) is 0 Å². The average Bonchev–Trinajstić information content (AvgIpc) is 2.29. The molecule has 0 spiro atoms. The van der Waals surface area contributed by atoms with Crippen LogP contribution in [0.15, 0.2) is 24.3 Å². The van der Waals surface area contributed by atoms with Crippen LogP contribution in [0.3, 0.4) is 0 Å². The highest BCUT2D eigenvalue weighted by atomic mass is 16.3. The molecule has 0 radical (unpaired) electrons. The molecule has 88 valence electrons. The number of aromatic hydroxyl groups is 1. The number of benzene rings is 1. The Bertz CT molecular complexity index is 340. The molecule has 2 rings (SSSR count). The van der Waals surface area contributed by atoms with Gasteiger partial charge < -0.3 is 10.8 Å². The monoisotopic (exact) mass is 220 g/mol. The van der Waals surface area contributed by atoms with E-state index in [9.17, 15) is 5.11 Å². The highest BCUT2D eigenvalue weighted by Gasteiger charge is 2.18. The van der Waals surface area contributed by atoms with E-state index < -0.39 is 0 Å². The third-order valence-corrected chi connectivity index (χ3v) is 3.25. The van der Waals surface area contributed by atoms with Gasteiger partial charge in [-0.05, 0) is 49.5 Å². The number of likely N-dealkylation sites (tertiary alicyclic amines) is 1. The zero-order chi connectivity index (χ0) is 11.4. The highest BCUT2D eigenvalue weighted by molar-refractivity contribution is 5.27. The quantitative estimate of drug-likeness (QED) is 0.813. The van der Waals surface area contributed by atoms with Crippen molar-refractivity contribution in [2.75, 3.05) is 19.6 Å². The summed E-state index contributed by atoms with van der Waals surface area (Å²) in [6.07, 6.45) is 2.49. The van der Waals surface area contributed by atoms with Crippen LogP contribution in [0, 0.1) is 5.92 Å². The molecule has 3 nitrogen and oxygen atoms in total. The standard InChI is InChI=1S/C13H20N2O/c14-8-12-4-2-6-15(10-12)9-11-3-1-5-13(16)7-11/h1,3,5,7,12,16H,2,4,6,8-10,14H2/t12-/m1/s1. The Hall–Kier alpha value is -1.06. The number of hydrogen-bond acceptors (Lipinski definition) is 3. The molecule has 0 saturated carbocycles. The van der Waals surface area contributed by atoms with Gasteiger partial charge in [0.25, 0.3) is 0 Å². The number of rotatable bonds is 3. The van der Waals surface area contributed by atoms with Crippen LogP contribution < -0.4 is 5.73 Å². The van der Waals surface area contributed by atoms with Gasteiger partial charge in [0.1, 0.15) is 5.75 Å². The molecule has 0 aliphatic carbocycles. The van der Waals surface area contributed by atoms with Crippen LogP contribution >= 0.6 is 0 Å². The van der Waals surface area contributed by atoms with Crippen molar-refractivity contribution in [1.82, 2.24) is 4.90 Å². The van der Waals surface area contributed by atoms with E-state index in [0.29, 0.717) is 11.7 Å². The van der Waals surface area contributed by atoms with Crippen molar-refractivity contribution >= 4 is 0 Å². The third kappa shape index (κ3) is 2.97. The average molecular weight is 220 g/mol. The van der Waals surface area contributed by atoms with Crippen molar-refractivity contribution < 1.29 is 5.11 Å². The van der Waals surface area contributed by atoms with Gasteiger partial charge in [-0.25, -0.2) is 0 Å². The van der Waals surface area contributed by atoms with Crippen molar-refractivity contribution in [2.45, 2.75) is 19.4 Å². The first kappa shape index (κ1) is 11.4. The number of phenolic OH excluding ortho intramolecular Hbond substituents is 1. The van der Waals surface area contributed by atoms with Crippen molar-refractivity contribution in [3.63, 3.8) is 0 Å². The first-order chi connectivity index (χ1) is 7.78. The zero-order valence-corrected chi connectivity index (χ0v) is 9.60. The number of nitrogens with zero attached hydrogens (tertiary/aromatic N) is 1. The second kappa shape index (κ2) is 5.32. The molecular formula is C13H20N2O. The Balaban J connectivity index is 1.94. The molecule has 0 unspecified atom stereocenters. The van der Waals surface area contributed by atoms with E-state index in [2.05, 4.69) is 11.0 Å². The molecule has 1 aliphatic rings. The second-order valence-corrected chi connectivity index (χ2v) is 4.65. The van der Waals surface area contributed by atoms with Crippen LogP contribution in [0.4, 0.5) is 0 Å². The van der Waals surface area contributed by atoms with Gasteiger partial charge in [-0.15, -0.1) is 0 Å². The maximum atomic E-state index is 9.40. The number of nitrogens with two attached hydrogens (primary N) is 1. The maximum absolute atomic E-state index is 9.40. The highest BCUT2D eigenvalue weighted by Crippen LogP contribution is 2.19. The molecule has 1 atom stereocenters. The molecular weight excluding hydrogens is 200 g/mol. The summed E-state index contributed by atoms with van der Waals surface area (Å²) < 4.78 is 0. The van der Waals surface area contributed by atoms with E-state index in [1.165, 1.54) is 18.4 Å². The van der Waals surface area contributed by atoms with E-state index in [1.807, 2.05) is 12.1 Å². The van der Waals surface area contributed by atoms with Crippen LogP contribution in [-0.4, -0.2) is 29.6 Å². The first-order valence-corrected chi connectivity index (χ1v) is 5.98. The molecule has 0 bridgehead atoms. The van der Waals surface area contributed by atoms with E-state index in [4.69, 9.17) is 5.73 Å². The fourth-order valence-electron chi connectivity index (χ4n) is 2.40. The summed E-state index contributed by atoms with van der Waals surface area (Å²) in [6, 6.07) is 7.51. The molecule has 1 aliphatic heterocycles. The fraction of sp³-hybridized carbons (Fsp3) is 0.538. The summed E-state index contributed by atoms with van der Waals surface area (Å²) in [6.45, 7) is 3.94. The predicted molar refractivity (Wildman–Crippen MR) is 65.2 cm³/mol. The lowest BCUT2D eigenvalue weighted by atomic mass is 9.98. The molecule has 16 heavy (non-hydrogen) atoms. The van der Waals surface area contributed by atoms with Gasteiger partial charge in [0.05, 0.1) is 0 Å². The Kier molecular flexibility index (Phi) is 3.80. The Morgan fingerprint density at radius 1 is 1.44 bits per heavy atom. The van der Waals surface area contributed by atoms with E-state index in [0.717, 1.165) is 26.2 Å². The minimum absolute atomic E-state index is 0.352. The van der Waals surface area contributed by atoms with Crippen LogP contribution in [0.2, 0.25) is 0 Å². The summed E-state index contributed by atoms with van der Waals surface area (Å²) >= 11 is 0. The lowest BCUT2D eigenvalue weighted by molar-refractivity contribution is 0.171. The zero-order valence-electron chi connectivity index (χ0n) is 9.60. The molecule has 1 aromatic rings. The SMILES string of the molecule is NC[C@H]1CCCN(Cc2cccc(O)c2)C1. The molecule has 0 aromatic heterocycles. The van der Waals surface area contributed by atoms with Crippen LogP contribution in [0.1, 0.15) is 18.4 Å². The van der Waals surface area contributed by atoms with Crippen LogP contribution in [-0.2, 0) is 6.54 Å². The number of phenols is 1. The lowest BCUT2D eigenvalue weighted by Gasteiger charge is -2.32. The molecule has 3 heteroatoms. The van der Waals surface area contributed by atoms with Crippen molar-refractivity contribution in [2.24, 2.45) is 11.7 Å². The summed E-state index contributed by atoms with van der Waals surface area (Å²) in [5.74, 6) is 0.996. The molecule has 0 amide bonds. The fourth-order valence-corrected chi connectivity index (χ4v) is 2.40. The van der Waals surface area contributed by atoms with Gasteiger partial charge >= 0.3 is 0 Å². The normalized spacial score (nSPS) is 22.2. The summed E-state index contributed by atoms with van der Waals surface area (Å²) in [5.41, 5.74) is 6.89. The first-order valence-electron chi connectivity index (χ1n) is 5.98. The number of hydrogen-bond donors (Lipinski definition) is 2. The van der Waals surface area contributed by atoms with Gasteiger partial charge in [0.15, 0.2) is 0 Å². The van der Waals surface area contributed by atoms with Crippen LogP contribution in [0.5, 0.6) is 5.75 Å². The van der Waals surface area contributed by atoms with Gasteiger partial charge in [-0.2, -0.15) is 0 Å². The minimum Gasteiger partial charge on any atom is -0.508 e. The summed E-state index contributed by atoms with van der Waals surface area (Å²) in [4.78, 5) is 2.43. The largest absolute Gasteiger partial charge is 0.508 e. The lowest BCUT2D eigenvalue weighted by Crippen LogP contribution is -2.37. The van der Waals surface area contributed by atoms with Crippen LogP contribution in [0.25, 0.3) is 0 Å². The van der Waals surface area contributed by atoms with Crippen molar-refractivity contribution in [3.05, 3.63) is 29.8 Å². The van der Waals surface area contributed by atoms with Gasteiger partial charge in [-0.3, -0.25) is 4.90 Å². The third-order valence-electron chi connectivity index (χ3n) is 3.25. The molecule has 1 heterocycles. The second-order valence-electron chi connectivity index (χ2n) is 4.65. The summed E-state index contributed by atoms with van der Waals surface area (Å²) in [7, 11) is 0. The molecule has 1 aromatic carbocycles. The number of piperidine rings is 1. The Labute approximate surface area is 96.9 Å². The van der Waals surface area contributed by atoms with Crippen molar-refractivity contribution in [3.8, 4) is 5.75 Å². The molecule has 1 saturated heterocycles. The Morgan fingerprint density at radius 3 is 3.06 bits per heavy atom. The van der Waals surface area contributed by atoms with Gasteiger partial charge in [0.2, 0.25) is 0 Å². The Morgan fingerprint density at radius 2 is 2.31 bits per heavy atom. The smallest absolute Gasteiger partial charge is 0.115 e.